The van der Waals surface area contributed by atoms with Crippen LogP contribution in [0.3, 0.4) is 0 Å². The van der Waals surface area contributed by atoms with Crippen LogP contribution in [0.25, 0.3) is 0 Å². The van der Waals surface area contributed by atoms with E-state index in [1.54, 1.807) is 7.11 Å². The van der Waals surface area contributed by atoms with Gasteiger partial charge in [0.05, 0.1) is 18.1 Å². The molecule has 1 fully saturated rings. The molecule has 5 nitrogen and oxygen atoms in total. The number of ether oxygens (including phenoxy) is 2. The Morgan fingerprint density at radius 1 is 1.33 bits per heavy atom. The van der Waals surface area contributed by atoms with Crippen molar-refractivity contribution in [3.63, 3.8) is 0 Å². The maximum atomic E-state index is 12.6. The molecule has 0 unspecified atom stereocenters. The van der Waals surface area contributed by atoms with Crippen LogP contribution >= 0.6 is 0 Å². The molecule has 0 saturated carbocycles. The van der Waals surface area contributed by atoms with Crippen molar-refractivity contribution in [3.05, 3.63) is 29.3 Å². The summed E-state index contributed by atoms with van der Waals surface area (Å²) in [6, 6.07) is 5.69. The summed E-state index contributed by atoms with van der Waals surface area (Å²) in [5.74, 6) is 0.656. The summed E-state index contributed by atoms with van der Waals surface area (Å²) in [7, 11) is 0.250. The minimum Gasteiger partial charge on any atom is -0.496 e. The molecule has 2 rings (SSSR count). The van der Waals surface area contributed by atoms with Crippen LogP contribution in [0.1, 0.15) is 24.0 Å². The lowest BCUT2D eigenvalue weighted by molar-refractivity contribution is 0.0983. The lowest BCUT2D eigenvalue weighted by atomic mass is 10.1. The molecule has 6 heteroatoms. The van der Waals surface area contributed by atoms with Crippen LogP contribution in [0.2, 0.25) is 0 Å². The Kier molecular flexibility index (Phi) is 5.61. The van der Waals surface area contributed by atoms with E-state index in [2.05, 4.69) is 5.32 Å². The van der Waals surface area contributed by atoms with Crippen LogP contribution in [0.15, 0.2) is 18.2 Å². The highest BCUT2D eigenvalue weighted by Crippen LogP contribution is 2.26. The van der Waals surface area contributed by atoms with Gasteiger partial charge in [0.25, 0.3) is 0 Å². The van der Waals surface area contributed by atoms with Crippen LogP contribution in [-0.2, 0) is 26.9 Å². The average Bonchev–Trinajstić information content (AvgIpc) is 2.48. The molecule has 1 aliphatic heterocycles. The minimum absolute atomic E-state index is 0.0262. The van der Waals surface area contributed by atoms with E-state index in [0.29, 0.717) is 38.3 Å². The van der Waals surface area contributed by atoms with Gasteiger partial charge in [0, 0.05) is 25.3 Å². The van der Waals surface area contributed by atoms with E-state index in [-0.39, 0.29) is 11.0 Å². The molecule has 1 aromatic carbocycles. The molecule has 0 aliphatic carbocycles. The molecular formula is C15H23NO4S. The molecule has 1 N–H and O–H groups in total. The number of hydrogen-bond acceptors (Lipinski definition) is 5. The standard InChI is InChI=1S/C15H23NO4S/c1-16-10-12-3-4-15(19-2)13(9-12)11-21(17,18)14-5-7-20-8-6-14/h3-4,9,14,16H,5-8,10-11H2,1-2H3. The van der Waals surface area contributed by atoms with Crippen molar-refractivity contribution >= 4 is 9.84 Å². The molecule has 118 valence electrons. The van der Waals surface area contributed by atoms with E-state index in [9.17, 15) is 8.42 Å². The van der Waals surface area contributed by atoms with Gasteiger partial charge in [-0.15, -0.1) is 0 Å². The summed E-state index contributed by atoms with van der Waals surface area (Å²) >= 11 is 0. The second-order valence-corrected chi connectivity index (χ2v) is 7.58. The third-order valence-electron chi connectivity index (χ3n) is 3.76. The molecule has 1 saturated heterocycles. The van der Waals surface area contributed by atoms with Crippen molar-refractivity contribution < 1.29 is 17.9 Å². The minimum atomic E-state index is -3.18. The fourth-order valence-electron chi connectivity index (χ4n) is 2.63. The molecule has 0 radical (unpaired) electrons. The Bertz CT molecular complexity index is 565. The summed E-state index contributed by atoms with van der Waals surface area (Å²) in [5.41, 5.74) is 1.78. The van der Waals surface area contributed by atoms with E-state index in [1.165, 1.54) is 0 Å². The SMILES string of the molecule is CNCc1ccc(OC)c(CS(=O)(=O)C2CCOCC2)c1. The second kappa shape index (κ2) is 7.24. The van der Waals surface area contributed by atoms with E-state index in [4.69, 9.17) is 9.47 Å². The molecule has 0 bridgehead atoms. The van der Waals surface area contributed by atoms with Crippen LogP contribution in [0.4, 0.5) is 0 Å². The summed E-state index contributed by atoms with van der Waals surface area (Å²) in [6.45, 7) is 1.76. The fraction of sp³-hybridized carbons (Fsp3) is 0.600. The third-order valence-corrected chi connectivity index (χ3v) is 5.96. The zero-order valence-electron chi connectivity index (χ0n) is 12.6. The largest absolute Gasteiger partial charge is 0.496 e. The maximum absolute atomic E-state index is 12.6. The van der Waals surface area contributed by atoms with E-state index in [0.717, 1.165) is 11.1 Å². The normalized spacial score (nSPS) is 16.9. The first kappa shape index (κ1) is 16.3. The van der Waals surface area contributed by atoms with Crippen molar-refractivity contribution in [2.75, 3.05) is 27.4 Å². The maximum Gasteiger partial charge on any atom is 0.157 e. The van der Waals surface area contributed by atoms with Gasteiger partial charge in [0.1, 0.15) is 5.75 Å². The molecule has 21 heavy (non-hydrogen) atoms. The second-order valence-electron chi connectivity index (χ2n) is 5.30. The lowest BCUT2D eigenvalue weighted by Crippen LogP contribution is -2.30. The summed E-state index contributed by atoms with van der Waals surface area (Å²) in [6.07, 6.45) is 1.17. The molecular weight excluding hydrogens is 290 g/mol. The monoisotopic (exact) mass is 313 g/mol. The lowest BCUT2D eigenvalue weighted by Gasteiger charge is -2.22. The number of hydrogen-bond donors (Lipinski definition) is 1. The predicted molar refractivity (Wildman–Crippen MR) is 82.2 cm³/mol. The number of benzene rings is 1. The molecule has 1 aliphatic rings. The van der Waals surface area contributed by atoms with Crippen LogP contribution in [0, 0.1) is 0 Å². The predicted octanol–water partition coefficient (Wildman–Crippen LogP) is 1.51. The molecule has 1 aromatic rings. The number of rotatable bonds is 6. The van der Waals surface area contributed by atoms with Crippen molar-refractivity contribution in [1.82, 2.24) is 5.32 Å². The highest BCUT2D eigenvalue weighted by molar-refractivity contribution is 7.91. The molecule has 0 spiro atoms. The number of methoxy groups -OCH3 is 1. The quantitative estimate of drug-likeness (QED) is 0.862. The van der Waals surface area contributed by atoms with Gasteiger partial charge in [-0.25, -0.2) is 8.42 Å². The highest BCUT2D eigenvalue weighted by atomic mass is 32.2. The third kappa shape index (κ3) is 4.18. The van der Waals surface area contributed by atoms with Crippen LogP contribution in [0.5, 0.6) is 5.75 Å². The van der Waals surface area contributed by atoms with Gasteiger partial charge in [-0.05, 0) is 37.6 Å². The Morgan fingerprint density at radius 3 is 2.67 bits per heavy atom. The molecule has 0 amide bonds. The first-order valence-corrected chi connectivity index (χ1v) is 8.88. The first-order valence-electron chi connectivity index (χ1n) is 7.16. The van der Waals surface area contributed by atoms with Gasteiger partial charge >= 0.3 is 0 Å². The topological polar surface area (TPSA) is 64.6 Å². The zero-order valence-corrected chi connectivity index (χ0v) is 13.4. The summed E-state index contributed by atoms with van der Waals surface area (Å²) in [4.78, 5) is 0. The zero-order chi connectivity index (χ0) is 15.3. The van der Waals surface area contributed by atoms with Gasteiger partial charge < -0.3 is 14.8 Å². The first-order chi connectivity index (χ1) is 10.1. The van der Waals surface area contributed by atoms with E-state index >= 15 is 0 Å². The smallest absolute Gasteiger partial charge is 0.157 e. The van der Waals surface area contributed by atoms with Crippen molar-refractivity contribution in [3.8, 4) is 5.75 Å². The molecule has 0 atom stereocenters. The Morgan fingerprint density at radius 2 is 2.05 bits per heavy atom. The van der Waals surface area contributed by atoms with Gasteiger partial charge in [0.2, 0.25) is 0 Å². The van der Waals surface area contributed by atoms with Crippen LogP contribution in [-0.4, -0.2) is 41.0 Å². The highest BCUT2D eigenvalue weighted by Gasteiger charge is 2.28. The van der Waals surface area contributed by atoms with Gasteiger partial charge in [-0.1, -0.05) is 6.07 Å². The fourth-order valence-corrected chi connectivity index (χ4v) is 4.43. The van der Waals surface area contributed by atoms with Gasteiger partial charge in [-0.3, -0.25) is 0 Å². The summed E-state index contributed by atoms with van der Waals surface area (Å²) in [5, 5.41) is 2.77. The summed E-state index contributed by atoms with van der Waals surface area (Å²) < 4.78 is 35.7. The molecule has 0 aromatic heterocycles. The number of sulfone groups is 1. The Hall–Kier alpha value is -1.11. The van der Waals surface area contributed by atoms with Crippen molar-refractivity contribution in [2.45, 2.75) is 30.4 Å². The van der Waals surface area contributed by atoms with E-state index in [1.807, 2.05) is 25.2 Å². The number of nitrogens with one attached hydrogen (secondary N) is 1. The average molecular weight is 313 g/mol. The van der Waals surface area contributed by atoms with Gasteiger partial charge in [-0.2, -0.15) is 0 Å². The van der Waals surface area contributed by atoms with Crippen molar-refractivity contribution in [1.29, 1.82) is 0 Å². The molecule has 1 heterocycles. The van der Waals surface area contributed by atoms with Gasteiger partial charge in [0.15, 0.2) is 9.84 Å². The Labute approximate surface area is 126 Å². The van der Waals surface area contributed by atoms with Crippen LogP contribution < -0.4 is 10.1 Å². The van der Waals surface area contributed by atoms with Crippen molar-refractivity contribution in [2.24, 2.45) is 0 Å². The van der Waals surface area contributed by atoms with E-state index < -0.39 is 9.84 Å². The Balaban J connectivity index is 2.21.